The fourth-order valence-corrected chi connectivity index (χ4v) is 2.39. The Bertz CT molecular complexity index is 775. The number of aromatic nitrogens is 1. The third-order valence-electron chi connectivity index (χ3n) is 3.41. The van der Waals surface area contributed by atoms with Gasteiger partial charge >= 0.3 is 0 Å². The highest BCUT2D eigenvalue weighted by atomic mass is 19.1. The molecule has 0 amide bonds. The van der Waals surface area contributed by atoms with Crippen LogP contribution in [0.15, 0.2) is 24.4 Å². The van der Waals surface area contributed by atoms with E-state index in [1.54, 1.807) is 0 Å². The Balaban J connectivity index is 1.70. The average molecular weight is 317 g/mol. The highest BCUT2D eigenvalue weighted by Gasteiger charge is 2.17. The van der Waals surface area contributed by atoms with Gasteiger partial charge in [0, 0.05) is 18.3 Å². The van der Waals surface area contributed by atoms with Crippen molar-refractivity contribution in [2.75, 3.05) is 18.7 Å². The van der Waals surface area contributed by atoms with Crippen LogP contribution >= 0.6 is 0 Å². The van der Waals surface area contributed by atoms with E-state index in [1.165, 1.54) is 18.3 Å². The van der Waals surface area contributed by atoms with Crippen LogP contribution in [0.1, 0.15) is 16.7 Å². The molecular weight excluding hydrogens is 304 g/mol. The minimum absolute atomic E-state index is 0.0542. The summed E-state index contributed by atoms with van der Waals surface area (Å²) in [6.07, 6.45) is 1.72. The van der Waals surface area contributed by atoms with Crippen LogP contribution in [-0.2, 0) is 17.8 Å². The molecule has 0 unspecified atom stereocenters. The molecule has 0 fully saturated rings. The lowest BCUT2D eigenvalue weighted by atomic mass is 10.1. The van der Waals surface area contributed by atoms with Gasteiger partial charge < -0.3 is 14.8 Å². The third kappa shape index (κ3) is 3.38. The van der Waals surface area contributed by atoms with Gasteiger partial charge in [0.25, 0.3) is 0 Å². The predicted octanol–water partition coefficient (Wildman–Crippen LogP) is 2.75. The quantitative estimate of drug-likeness (QED) is 0.939. The van der Waals surface area contributed by atoms with Crippen LogP contribution < -0.4 is 10.1 Å². The summed E-state index contributed by atoms with van der Waals surface area (Å²) in [6, 6.07) is 5.71. The van der Waals surface area contributed by atoms with E-state index in [0.717, 1.165) is 6.07 Å². The maximum absolute atomic E-state index is 13.7. The Morgan fingerprint density at radius 1 is 1.30 bits per heavy atom. The van der Waals surface area contributed by atoms with Gasteiger partial charge in [0.2, 0.25) is 0 Å². The molecule has 0 aliphatic carbocycles. The normalized spacial score (nSPS) is 12.9. The fourth-order valence-electron chi connectivity index (χ4n) is 2.39. The molecule has 7 heteroatoms. The number of nitrogens with one attached hydrogen (secondary N) is 1. The average Bonchev–Trinajstić information content (AvgIpc) is 2.56. The molecule has 1 aliphatic heterocycles. The number of halogens is 2. The number of hydrogen-bond acceptors (Lipinski definition) is 5. The van der Waals surface area contributed by atoms with Gasteiger partial charge in [-0.15, -0.1) is 0 Å². The number of ether oxygens (including phenoxy) is 2. The summed E-state index contributed by atoms with van der Waals surface area (Å²) >= 11 is 0. The van der Waals surface area contributed by atoms with Gasteiger partial charge in [0.1, 0.15) is 17.6 Å². The van der Waals surface area contributed by atoms with Crippen molar-refractivity contribution in [1.82, 2.24) is 4.98 Å². The van der Waals surface area contributed by atoms with Gasteiger partial charge in [-0.25, -0.2) is 13.8 Å². The largest absolute Gasteiger partial charge is 0.467 e. The Morgan fingerprint density at radius 2 is 2.17 bits per heavy atom. The summed E-state index contributed by atoms with van der Waals surface area (Å²) in [5.41, 5.74) is 1.50. The smallest absolute Gasteiger partial charge is 0.189 e. The topological polar surface area (TPSA) is 67.2 Å². The Hall–Kier alpha value is -2.72. The molecule has 5 nitrogen and oxygen atoms in total. The monoisotopic (exact) mass is 317 g/mol. The van der Waals surface area contributed by atoms with Crippen LogP contribution in [0, 0.1) is 23.0 Å². The van der Waals surface area contributed by atoms with Crippen molar-refractivity contribution in [3.05, 3.63) is 52.7 Å². The maximum Gasteiger partial charge on any atom is 0.189 e. The zero-order chi connectivity index (χ0) is 16.2. The number of benzene rings is 1. The molecule has 118 valence electrons. The first-order valence-corrected chi connectivity index (χ1v) is 6.98. The van der Waals surface area contributed by atoms with Crippen LogP contribution in [0.25, 0.3) is 0 Å². The fraction of sp³-hybridized carbons (Fsp3) is 0.250. The second-order valence-electron chi connectivity index (χ2n) is 5.01. The SMILES string of the molecule is N#Cc1cnc(NCCc2cc(F)cc3c2OCOC3)c(F)c1. The highest BCUT2D eigenvalue weighted by Crippen LogP contribution is 2.29. The number of nitriles is 1. The van der Waals surface area contributed by atoms with Crippen molar-refractivity contribution >= 4 is 5.82 Å². The third-order valence-corrected chi connectivity index (χ3v) is 3.41. The first-order valence-electron chi connectivity index (χ1n) is 6.98. The molecular formula is C16H13F2N3O2. The number of nitrogens with zero attached hydrogens (tertiary/aromatic N) is 2. The van der Waals surface area contributed by atoms with E-state index in [-0.39, 0.29) is 24.0 Å². The molecule has 0 radical (unpaired) electrons. The lowest BCUT2D eigenvalue weighted by molar-refractivity contribution is -0.0172. The van der Waals surface area contributed by atoms with E-state index in [2.05, 4.69) is 10.3 Å². The van der Waals surface area contributed by atoms with Crippen molar-refractivity contribution in [2.45, 2.75) is 13.0 Å². The Morgan fingerprint density at radius 3 is 2.96 bits per heavy atom. The molecule has 1 aliphatic rings. The zero-order valence-electron chi connectivity index (χ0n) is 12.1. The summed E-state index contributed by atoms with van der Waals surface area (Å²) in [4.78, 5) is 3.85. The van der Waals surface area contributed by atoms with Crippen molar-refractivity contribution in [3.63, 3.8) is 0 Å². The van der Waals surface area contributed by atoms with E-state index in [1.807, 2.05) is 6.07 Å². The molecule has 0 saturated heterocycles. The second-order valence-corrected chi connectivity index (χ2v) is 5.01. The van der Waals surface area contributed by atoms with Crippen molar-refractivity contribution in [1.29, 1.82) is 5.26 Å². The van der Waals surface area contributed by atoms with Crippen molar-refractivity contribution in [3.8, 4) is 11.8 Å². The molecule has 0 bridgehead atoms. The molecule has 2 aromatic rings. The van der Waals surface area contributed by atoms with Gasteiger partial charge in [0.15, 0.2) is 18.4 Å². The van der Waals surface area contributed by atoms with Crippen LogP contribution in [0.2, 0.25) is 0 Å². The molecule has 1 aromatic carbocycles. The van der Waals surface area contributed by atoms with Crippen molar-refractivity contribution < 1.29 is 18.3 Å². The molecule has 23 heavy (non-hydrogen) atoms. The van der Waals surface area contributed by atoms with Crippen molar-refractivity contribution in [2.24, 2.45) is 0 Å². The summed E-state index contributed by atoms with van der Waals surface area (Å²) in [7, 11) is 0. The first-order chi connectivity index (χ1) is 11.2. The Labute approximate surface area is 131 Å². The van der Waals surface area contributed by atoms with E-state index in [0.29, 0.717) is 36.4 Å². The molecule has 3 rings (SSSR count). The van der Waals surface area contributed by atoms with E-state index < -0.39 is 5.82 Å². The molecule has 0 atom stereocenters. The van der Waals surface area contributed by atoms with Gasteiger partial charge in [-0.2, -0.15) is 5.26 Å². The van der Waals surface area contributed by atoms with Gasteiger partial charge in [-0.1, -0.05) is 0 Å². The number of pyridine rings is 1. The van der Waals surface area contributed by atoms with Gasteiger partial charge in [-0.3, -0.25) is 0 Å². The second kappa shape index (κ2) is 6.58. The molecule has 0 spiro atoms. The summed E-state index contributed by atoms with van der Waals surface area (Å²) in [5.74, 6) is -0.295. The standard InChI is InChI=1S/C16H13F2N3O2/c17-13-4-11(15-12(5-13)8-22-9-23-15)1-2-20-16-14(18)3-10(6-19)7-21-16/h3-5,7H,1-2,8-9H2,(H,20,21). The minimum atomic E-state index is -0.602. The number of hydrogen-bond donors (Lipinski definition) is 1. The Kier molecular flexibility index (Phi) is 4.35. The van der Waals surface area contributed by atoms with Crippen LogP contribution in [-0.4, -0.2) is 18.3 Å². The summed E-state index contributed by atoms with van der Waals surface area (Å²) in [6.45, 7) is 0.778. The van der Waals surface area contributed by atoms with E-state index in [9.17, 15) is 8.78 Å². The summed E-state index contributed by atoms with van der Waals surface area (Å²) < 4.78 is 37.9. The van der Waals surface area contributed by atoms with Gasteiger partial charge in [0.05, 0.1) is 12.2 Å². The zero-order valence-corrected chi connectivity index (χ0v) is 12.1. The van der Waals surface area contributed by atoms with Crippen LogP contribution in [0.5, 0.6) is 5.75 Å². The molecule has 1 aromatic heterocycles. The maximum atomic E-state index is 13.7. The van der Waals surface area contributed by atoms with Crippen LogP contribution in [0.4, 0.5) is 14.6 Å². The van der Waals surface area contributed by atoms with E-state index in [4.69, 9.17) is 14.7 Å². The number of anilines is 1. The predicted molar refractivity (Wildman–Crippen MR) is 77.8 cm³/mol. The molecule has 1 N–H and O–H groups in total. The number of fused-ring (bicyclic) bond motifs is 1. The molecule has 2 heterocycles. The lowest BCUT2D eigenvalue weighted by Gasteiger charge is -2.21. The number of rotatable bonds is 4. The summed E-state index contributed by atoms with van der Waals surface area (Å²) in [5, 5.41) is 11.5. The lowest BCUT2D eigenvalue weighted by Crippen LogP contribution is -2.15. The van der Waals surface area contributed by atoms with E-state index >= 15 is 0 Å². The minimum Gasteiger partial charge on any atom is -0.467 e. The highest BCUT2D eigenvalue weighted by molar-refractivity contribution is 5.44. The first kappa shape index (κ1) is 15.2. The van der Waals surface area contributed by atoms with Gasteiger partial charge in [-0.05, 0) is 30.2 Å². The van der Waals surface area contributed by atoms with Crippen LogP contribution in [0.3, 0.4) is 0 Å². The molecule has 0 saturated carbocycles.